The first kappa shape index (κ1) is 10.6. The highest BCUT2D eigenvalue weighted by Gasteiger charge is 2.36. The number of nitrogens with one attached hydrogen (secondary N) is 1. The van der Waals surface area contributed by atoms with Crippen LogP contribution < -0.4 is 5.32 Å². The van der Waals surface area contributed by atoms with Crippen molar-refractivity contribution in [1.29, 1.82) is 0 Å². The molecule has 1 nitrogen and oxygen atoms in total. The van der Waals surface area contributed by atoms with E-state index < -0.39 is 11.6 Å². The third-order valence-electron chi connectivity index (χ3n) is 3.36. The lowest BCUT2D eigenvalue weighted by Gasteiger charge is -2.42. The Kier molecular flexibility index (Phi) is 2.74. The van der Waals surface area contributed by atoms with Crippen molar-refractivity contribution in [3.8, 4) is 0 Å². The van der Waals surface area contributed by atoms with E-state index in [0.29, 0.717) is 6.42 Å². The fraction of sp³-hybridized carbons (Fsp3) is 0.500. The molecular weight excluding hydrogens is 196 g/mol. The van der Waals surface area contributed by atoms with Crippen LogP contribution in [0.1, 0.15) is 18.9 Å². The molecule has 0 radical (unpaired) electrons. The van der Waals surface area contributed by atoms with Gasteiger partial charge in [-0.3, -0.25) is 0 Å². The molecule has 1 heterocycles. The molecule has 15 heavy (non-hydrogen) atoms. The van der Waals surface area contributed by atoms with E-state index in [1.807, 2.05) is 0 Å². The minimum absolute atomic E-state index is 0.0586. The van der Waals surface area contributed by atoms with Crippen LogP contribution >= 0.6 is 0 Å². The predicted molar refractivity (Wildman–Crippen MR) is 55.7 cm³/mol. The van der Waals surface area contributed by atoms with E-state index >= 15 is 0 Å². The van der Waals surface area contributed by atoms with Gasteiger partial charge in [0.05, 0.1) is 0 Å². The lowest BCUT2D eigenvalue weighted by molar-refractivity contribution is 0.157. The van der Waals surface area contributed by atoms with E-state index in [1.54, 1.807) is 0 Å². The Morgan fingerprint density at radius 2 is 1.87 bits per heavy atom. The molecule has 1 saturated heterocycles. The summed E-state index contributed by atoms with van der Waals surface area (Å²) in [7, 11) is 0. The first-order valence-corrected chi connectivity index (χ1v) is 5.30. The summed E-state index contributed by atoms with van der Waals surface area (Å²) in [4.78, 5) is 0. The number of hydrogen-bond donors (Lipinski definition) is 1. The van der Waals surface area contributed by atoms with Crippen LogP contribution in [0.2, 0.25) is 0 Å². The van der Waals surface area contributed by atoms with E-state index in [-0.39, 0.29) is 11.0 Å². The Hall–Kier alpha value is -0.960. The van der Waals surface area contributed by atoms with Gasteiger partial charge in [-0.05, 0) is 30.4 Å². The average molecular weight is 211 g/mol. The van der Waals surface area contributed by atoms with Crippen LogP contribution in [0, 0.1) is 17.0 Å². The zero-order chi connectivity index (χ0) is 10.9. The monoisotopic (exact) mass is 211 g/mol. The lowest BCUT2D eigenvalue weighted by atomic mass is 9.74. The maximum atomic E-state index is 13.4. The van der Waals surface area contributed by atoms with E-state index in [4.69, 9.17) is 0 Å². The number of halogens is 2. The fourth-order valence-electron chi connectivity index (χ4n) is 2.05. The molecule has 0 saturated carbocycles. The van der Waals surface area contributed by atoms with Crippen molar-refractivity contribution in [3.63, 3.8) is 0 Å². The van der Waals surface area contributed by atoms with Gasteiger partial charge >= 0.3 is 0 Å². The minimum Gasteiger partial charge on any atom is -0.316 e. The van der Waals surface area contributed by atoms with Gasteiger partial charge in [0, 0.05) is 18.7 Å². The Morgan fingerprint density at radius 3 is 2.27 bits per heavy atom. The molecule has 1 aliphatic heterocycles. The van der Waals surface area contributed by atoms with Crippen LogP contribution in [0.4, 0.5) is 8.78 Å². The predicted octanol–water partition coefficient (Wildman–Crippen LogP) is 2.51. The number of benzene rings is 1. The molecule has 0 spiro atoms. The zero-order valence-corrected chi connectivity index (χ0v) is 8.82. The standard InChI is InChI=1S/C12H15F2N/c1-2-12(7-15-8-12)6-9-10(13)4-3-5-11(9)14/h3-5,15H,2,6-8H2,1H3. The van der Waals surface area contributed by atoms with Crippen LogP contribution in [0.25, 0.3) is 0 Å². The minimum atomic E-state index is -0.422. The highest BCUT2D eigenvalue weighted by atomic mass is 19.1. The maximum absolute atomic E-state index is 13.4. The van der Waals surface area contributed by atoms with Gasteiger partial charge in [-0.2, -0.15) is 0 Å². The topological polar surface area (TPSA) is 12.0 Å². The quantitative estimate of drug-likeness (QED) is 0.810. The smallest absolute Gasteiger partial charge is 0.129 e. The maximum Gasteiger partial charge on any atom is 0.129 e. The summed E-state index contributed by atoms with van der Waals surface area (Å²) < 4.78 is 26.8. The molecule has 0 unspecified atom stereocenters. The third kappa shape index (κ3) is 1.88. The van der Waals surface area contributed by atoms with Gasteiger partial charge in [-0.1, -0.05) is 13.0 Å². The lowest BCUT2D eigenvalue weighted by Crippen LogP contribution is -2.54. The Bertz CT molecular complexity index is 333. The molecule has 0 amide bonds. The van der Waals surface area contributed by atoms with E-state index in [2.05, 4.69) is 12.2 Å². The Balaban J connectivity index is 2.23. The van der Waals surface area contributed by atoms with Gasteiger partial charge in [0.15, 0.2) is 0 Å². The van der Waals surface area contributed by atoms with Crippen molar-refractivity contribution in [2.45, 2.75) is 19.8 Å². The van der Waals surface area contributed by atoms with Crippen molar-refractivity contribution in [1.82, 2.24) is 5.32 Å². The van der Waals surface area contributed by atoms with Crippen molar-refractivity contribution >= 4 is 0 Å². The molecule has 2 rings (SSSR count). The van der Waals surface area contributed by atoms with E-state index in [9.17, 15) is 8.78 Å². The van der Waals surface area contributed by atoms with Gasteiger partial charge < -0.3 is 5.32 Å². The number of rotatable bonds is 3. The Morgan fingerprint density at radius 1 is 1.27 bits per heavy atom. The molecule has 0 bridgehead atoms. The molecule has 0 atom stereocenters. The molecule has 1 fully saturated rings. The zero-order valence-electron chi connectivity index (χ0n) is 8.82. The van der Waals surface area contributed by atoms with Crippen LogP contribution in [0.15, 0.2) is 18.2 Å². The van der Waals surface area contributed by atoms with Crippen molar-refractivity contribution in [2.24, 2.45) is 5.41 Å². The highest BCUT2D eigenvalue weighted by Crippen LogP contribution is 2.32. The molecule has 1 aromatic rings. The SMILES string of the molecule is CCC1(Cc2c(F)cccc2F)CNC1. The van der Waals surface area contributed by atoms with E-state index in [0.717, 1.165) is 19.5 Å². The van der Waals surface area contributed by atoms with Crippen LogP contribution in [-0.2, 0) is 6.42 Å². The van der Waals surface area contributed by atoms with Crippen molar-refractivity contribution < 1.29 is 8.78 Å². The Labute approximate surface area is 88.5 Å². The normalized spacial score (nSPS) is 18.6. The molecule has 1 aromatic carbocycles. The second-order valence-electron chi connectivity index (χ2n) is 4.33. The van der Waals surface area contributed by atoms with Crippen LogP contribution in [0.5, 0.6) is 0 Å². The molecule has 1 aliphatic rings. The summed E-state index contributed by atoms with van der Waals surface area (Å²) in [5.41, 5.74) is 0.295. The van der Waals surface area contributed by atoms with Gasteiger partial charge in [-0.25, -0.2) is 8.78 Å². The molecule has 82 valence electrons. The average Bonchev–Trinajstić information content (AvgIpc) is 2.15. The fourth-order valence-corrected chi connectivity index (χ4v) is 2.05. The molecule has 3 heteroatoms. The summed E-state index contributed by atoms with van der Waals surface area (Å²) in [5.74, 6) is -0.843. The van der Waals surface area contributed by atoms with Gasteiger partial charge in [0.25, 0.3) is 0 Å². The van der Waals surface area contributed by atoms with E-state index in [1.165, 1.54) is 18.2 Å². The van der Waals surface area contributed by atoms with Crippen molar-refractivity contribution in [3.05, 3.63) is 35.4 Å². The van der Waals surface area contributed by atoms with Crippen LogP contribution in [-0.4, -0.2) is 13.1 Å². The van der Waals surface area contributed by atoms with Gasteiger partial charge in [0.1, 0.15) is 11.6 Å². The highest BCUT2D eigenvalue weighted by molar-refractivity contribution is 5.22. The van der Waals surface area contributed by atoms with Gasteiger partial charge in [-0.15, -0.1) is 0 Å². The summed E-state index contributed by atoms with van der Waals surface area (Å²) in [6, 6.07) is 4.06. The van der Waals surface area contributed by atoms with Crippen LogP contribution in [0.3, 0.4) is 0 Å². The third-order valence-corrected chi connectivity index (χ3v) is 3.36. The summed E-state index contributed by atoms with van der Waals surface area (Å²) >= 11 is 0. The second kappa shape index (κ2) is 3.89. The summed E-state index contributed by atoms with van der Waals surface area (Å²) in [6.07, 6.45) is 1.45. The second-order valence-corrected chi connectivity index (χ2v) is 4.33. The molecular formula is C12H15F2N. The molecule has 0 aliphatic carbocycles. The van der Waals surface area contributed by atoms with Crippen molar-refractivity contribution in [2.75, 3.05) is 13.1 Å². The summed E-state index contributed by atoms with van der Waals surface area (Å²) in [6.45, 7) is 3.79. The number of hydrogen-bond acceptors (Lipinski definition) is 1. The molecule has 1 N–H and O–H groups in total. The largest absolute Gasteiger partial charge is 0.316 e. The first-order chi connectivity index (χ1) is 7.17. The molecule has 0 aromatic heterocycles. The first-order valence-electron chi connectivity index (χ1n) is 5.30. The summed E-state index contributed by atoms with van der Waals surface area (Å²) in [5, 5.41) is 3.17. The van der Waals surface area contributed by atoms with Gasteiger partial charge in [0.2, 0.25) is 0 Å².